The summed E-state index contributed by atoms with van der Waals surface area (Å²) in [5, 5.41) is 8.95. The first-order valence-corrected chi connectivity index (χ1v) is 12.6. The molecule has 4 rings (SSSR count). The Hall–Kier alpha value is -4.35. The lowest BCUT2D eigenvalue weighted by atomic mass is 10.1. The van der Waals surface area contributed by atoms with Crippen molar-refractivity contribution in [2.75, 3.05) is 23.5 Å². The van der Waals surface area contributed by atoms with Crippen LogP contribution in [-0.4, -0.2) is 40.0 Å². The number of rotatable bonds is 4. The Labute approximate surface area is 233 Å². The standard InChI is InChI=1S/C26H25Cl2N7O4/c1-39-26(38)31-16-8-9-17-19(12-16)33-20(36)6-4-2-3-5-18(25-34-22(17)23(28)35-25)32-21(37)10-7-14-11-15(27)13-30-24(14)29/h2-3,7-13,18H,4-6H2,1H3,(H2,29,30)(H,31,38)(H,32,37)(H,33,36)(H,34,35)/b3-2+,10-7+/t18-/m0/s1. The van der Waals surface area contributed by atoms with Crippen molar-refractivity contribution >= 4 is 64.4 Å². The Bertz CT molecular complexity index is 1470. The van der Waals surface area contributed by atoms with Gasteiger partial charge in [0.1, 0.15) is 22.5 Å². The molecule has 0 saturated carbocycles. The van der Waals surface area contributed by atoms with Crippen molar-refractivity contribution in [1.82, 2.24) is 20.3 Å². The predicted molar refractivity (Wildman–Crippen MR) is 150 cm³/mol. The largest absolute Gasteiger partial charge is 0.453 e. The van der Waals surface area contributed by atoms with Gasteiger partial charge in [0, 0.05) is 35.5 Å². The fraction of sp³-hybridized carbons (Fsp3) is 0.192. The number of aromatic nitrogens is 3. The van der Waals surface area contributed by atoms with Crippen LogP contribution in [0.1, 0.15) is 36.7 Å². The van der Waals surface area contributed by atoms with Crippen molar-refractivity contribution in [2.45, 2.75) is 25.3 Å². The molecular weight excluding hydrogens is 545 g/mol. The number of nitrogens with zero attached hydrogens (tertiary/aromatic N) is 2. The minimum absolute atomic E-state index is 0.211. The monoisotopic (exact) mass is 569 g/mol. The predicted octanol–water partition coefficient (Wildman–Crippen LogP) is 5.09. The molecule has 202 valence electrons. The summed E-state index contributed by atoms with van der Waals surface area (Å²) in [5.74, 6) is 0.0234. The number of hydrogen-bond donors (Lipinski definition) is 5. The highest BCUT2D eigenvalue weighted by molar-refractivity contribution is 6.32. The maximum absolute atomic E-state index is 12.8. The lowest BCUT2D eigenvalue weighted by Gasteiger charge is -2.14. The van der Waals surface area contributed by atoms with E-state index < -0.39 is 18.0 Å². The molecule has 0 aliphatic carbocycles. The molecule has 3 aromatic rings. The molecule has 11 nitrogen and oxygen atoms in total. The number of hydrogen-bond acceptors (Lipinski definition) is 7. The second-order valence-corrected chi connectivity index (χ2v) is 9.29. The van der Waals surface area contributed by atoms with Crippen LogP contribution < -0.4 is 21.7 Å². The summed E-state index contributed by atoms with van der Waals surface area (Å²) in [4.78, 5) is 48.8. The van der Waals surface area contributed by atoms with Gasteiger partial charge in [-0.1, -0.05) is 35.4 Å². The number of H-pyrrole nitrogens is 1. The maximum Gasteiger partial charge on any atom is 0.411 e. The molecule has 0 spiro atoms. The molecule has 2 bridgehead atoms. The number of halogens is 2. The Morgan fingerprint density at radius 2 is 2.05 bits per heavy atom. The zero-order valence-electron chi connectivity index (χ0n) is 20.8. The summed E-state index contributed by atoms with van der Waals surface area (Å²) in [6.07, 6.45) is 8.42. The van der Waals surface area contributed by atoms with Crippen LogP contribution in [0.3, 0.4) is 0 Å². The quantitative estimate of drug-likeness (QED) is 0.215. The number of nitrogens with two attached hydrogens (primary N) is 1. The van der Waals surface area contributed by atoms with Crippen LogP contribution in [-0.2, 0) is 14.3 Å². The average Bonchev–Trinajstić information content (AvgIpc) is 3.29. The van der Waals surface area contributed by atoms with Crippen molar-refractivity contribution in [3.63, 3.8) is 0 Å². The van der Waals surface area contributed by atoms with E-state index in [0.717, 1.165) is 0 Å². The van der Waals surface area contributed by atoms with Crippen molar-refractivity contribution in [2.24, 2.45) is 0 Å². The van der Waals surface area contributed by atoms with E-state index in [1.807, 2.05) is 12.2 Å². The van der Waals surface area contributed by atoms with Crippen molar-refractivity contribution in [3.05, 3.63) is 70.3 Å². The Balaban J connectivity index is 1.65. The highest BCUT2D eigenvalue weighted by atomic mass is 35.5. The third-order valence-electron chi connectivity index (χ3n) is 5.71. The number of benzene rings is 1. The lowest BCUT2D eigenvalue weighted by molar-refractivity contribution is -0.117. The average molecular weight is 570 g/mol. The van der Waals surface area contributed by atoms with Crippen molar-refractivity contribution in [3.8, 4) is 11.3 Å². The van der Waals surface area contributed by atoms with Crippen LogP contribution in [0.25, 0.3) is 17.3 Å². The fourth-order valence-electron chi connectivity index (χ4n) is 3.81. The summed E-state index contributed by atoms with van der Waals surface area (Å²) in [5.41, 5.74) is 8.05. The molecule has 0 unspecified atom stereocenters. The van der Waals surface area contributed by atoms with Gasteiger partial charge < -0.3 is 26.1 Å². The SMILES string of the molecule is COC(=O)Nc1ccc2c(c1)NC(=O)CC/C=C/C[C@H](NC(=O)/C=C/c1cc(Cl)cnc1N)c1nc-2c(Cl)[nH]1. The number of amides is 3. The van der Waals surface area contributed by atoms with Gasteiger partial charge in [-0.3, -0.25) is 14.9 Å². The van der Waals surface area contributed by atoms with Crippen LogP contribution in [0.4, 0.5) is 22.0 Å². The van der Waals surface area contributed by atoms with E-state index in [2.05, 4.69) is 35.6 Å². The molecule has 0 saturated heterocycles. The van der Waals surface area contributed by atoms with Crippen LogP contribution in [0.15, 0.2) is 48.7 Å². The van der Waals surface area contributed by atoms with Crippen LogP contribution >= 0.6 is 23.2 Å². The smallest absolute Gasteiger partial charge is 0.411 e. The van der Waals surface area contributed by atoms with Gasteiger partial charge in [-0.25, -0.2) is 14.8 Å². The van der Waals surface area contributed by atoms with Crippen LogP contribution in [0, 0.1) is 0 Å². The fourth-order valence-corrected chi connectivity index (χ4v) is 4.22. The molecule has 13 heteroatoms. The molecule has 3 amide bonds. The molecule has 6 N–H and O–H groups in total. The maximum atomic E-state index is 12.8. The third-order valence-corrected chi connectivity index (χ3v) is 6.19. The molecule has 1 aliphatic heterocycles. The molecule has 1 aliphatic rings. The number of nitrogen functional groups attached to an aromatic ring is 1. The van der Waals surface area contributed by atoms with E-state index in [0.29, 0.717) is 51.9 Å². The number of imidazole rings is 1. The highest BCUT2D eigenvalue weighted by Crippen LogP contribution is 2.35. The molecule has 0 fully saturated rings. The van der Waals surface area contributed by atoms with Gasteiger partial charge >= 0.3 is 6.09 Å². The number of ether oxygens (including phenoxy) is 1. The topological polar surface area (TPSA) is 164 Å². The van der Waals surface area contributed by atoms with E-state index in [4.69, 9.17) is 28.9 Å². The molecule has 1 aromatic carbocycles. The highest BCUT2D eigenvalue weighted by Gasteiger charge is 2.22. The summed E-state index contributed by atoms with van der Waals surface area (Å²) in [6, 6.07) is 5.93. The first kappa shape index (κ1) is 27.7. The molecule has 2 aromatic heterocycles. The molecule has 3 heterocycles. The van der Waals surface area contributed by atoms with Gasteiger partial charge in [0.15, 0.2) is 0 Å². The van der Waals surface area contributed by atoms with Gasteiger partial charge in [0.2, 0.25) is 11.8 Å². The van der Waals surface area contributed by atoms with E-state index in [-0.39, 0.29) is 23.3 Å². The van der Waals surface area contributed by atoms with Crippen LogP contribution in [0.5, 0.6) is 0 Å². The Morgan fingerprint density at radius 1 is 1.23 bits per heavy atom. The van der Waals surface area contributed by atoms with Crippen molar-refractivity contribution < 1.29 is 19.1 Å². The molecule has 1 atom stereocenters. The number of aromatic amines is 1. The zero-order chi connectivity index (χ0) is 27.9. The summed E-state index contributed by atoms with van der Waals surface area (Å²) < 4.78 is 4.65. The lowest BCUT2D eigenvalue weighted by Crippen LogP contribution is -2.27. The minimum Gasteiger partial charge on any atom is -0.453 e. The summed E-state index contributed by atoms with van der Waals surface area (Å²) in [6.45, 7) is 0. The van der Waals surface area contributed by atoms with E-state index >= 15 is 0 Å². The Morgan fingerprint density at radius 3 is 2.85 bits per heavy atom. The number of anilines is 3. The normalized spacial score (nSPS) is 16.2. The second kappa shape index (κ2) is 12.5. The summed E-state index contributed by atoms with van der Waals surface area (Å²) >= 11 is 12.5. The number of carbonyl (C=O) groups excluding carboxylic acids is 3. The number of fused-ring (bicyclic) bond motifs is 4. The van der Waals surface area contributed by atoms with Gasteiger partial charge in [-0.2, -0.15) is 0 Å². The summed E-state index contributed by atoms with van der Waals surface area (Å²) in [7, 11) is 1.25. The number of methoxy groups -OCH3 is 1. The van der Waals surface area contributed by atoms with E-state index in [9.17, 15) is 14.4 Å². The van der Waals surface area contributed by atoms with Gasteiger partial charge in [-0.05, 0) is 43.2 Å². The second-order valence-electron chi connectivity index (χ2n) is 8.48. The molecule has 0 radical (unpaired) electrons. The van der Waals surface area contributed by atoms with Gasteiger partial charge in [-0.15, -0.1) is 0 Å². The van der Waals surface area contributed by atoms with E-state index in [1.165, 1.54) is 25.5 Å². The van der Waals surface area contributed by atoms with Gasteiger partial charge in [0.05, 0.1) is 23.9 Å². The van der Waals surface area contributed by atoms with Gasteiger partial charge in [0.25, 0.3) is 0 Å². The first-order valence-electron chi connectivity index (χ1n) is 11.8. The number of carbonyl (C=O) groups is 3. The third kappa shape index (κ3) is 7.15. The van der Waals surface area contributed by atoms with Crippen molar-refractivity contribution in [1.29, 1.82) is 0 Å². The first-order chi connectivity index (χ1) is 18.7. The number of allylic oxidation sites excluding steroid dienone is 1. The molecular formula is C26H25Cl2N7O4. The Kier molecular flexibility index (Phi) is 8.84. The van der Waals surface area contributed by atoms with E-state index in [1.54, 1.807) is 24.3 Å². The number of nitrogens with one attached hydrogen (secondary N) is 4. The zero-order valence-corrected chi connectivity index (χ0v) is 22.3. The molecule has 39 heavy (non-hydrogen) atoms. The minimum atomic E-state index is -0.655. The number of pyridine rings is 1. The van der Waals surface area contributed by atoms with Crippen LogP contribution in [0.2, 0.25) is 10.2 Å².